The highest BCUT2D eigenvalue weighted by molar-refractivity contribution is 7.99. The van der Waals surface area contributed by atoms with Crippen molar-refractivity contribution in [2.75, 3.05) is 11.5 Å². The maximum Gasteiger partial charge on any atom is 0.216 e. The maximum atomic E-state index is 12.1. The van der Waals surface area contributed by atoms with Gasteiger partial charge in [0.2, 0.25) is 10.0 Å². The molecular weight excluding hydrogens is 280 g/mol. The van der Waals surface area contributed by atoms with E-state index >= 15 is 0 Å². The van der Waals surface area contributed by atoms with Gasteiger partial charge in [-0.3, -0.25) is 0 Å². The van der Waals surface area contributed by atoms with Gasteiger partial charge in [-0.1, -0.05) is 12.1 Å². The van der Waals surface area contributed by atoms with Crippen LogP contribution in [-0.4, -0.2) is 26.0 Å². The number of hydrogen-bond donors (Lipinski definition) is 1. The molecule has 0 saturated carbocycles. The molecule has 1 aromatic carbocycles. The van der Waals surface area contributed by atoms with Gasteiger partial charge in [0.15, 0.2) is 0 Å². The number of benzene rings is 1. The van der Waals surface area contributed by atoms with E-state index in [0.29, 0.717) is 11.1 Å². The predicted octanol–water partition coefficient (Wildman–Crippen LogP) is 1.87. The minimum Gasteiger partial charge on any atom is -0.212 e. The quantitative estimate of drug-likeness (QED) is 0.921. The van der Waals surface area contributed by atoms with Gasteiger partial charge in [-0.2, -0.15) is 17.0 Å². The summed E-state index contributed by atoms with van der Waals surface area (Å²) in [6.07, 6.45) is 1.96. The van der Waals surface area contributed by atoms with E-state index in [0.717, 1.165) is 24.3 Å². The first-order chi connectivity index (χ1) is 9.09. The van der Waals surface area contributed by atoms with Crippen LogP contribution in [0.25, 0.3) is 0 Å². The van der Waals surface area contributed by atoms with E-state index in [1.807, 2.05) is 6.07 Å². The highest BCUT2D eigenvalue weighted by Crippen LogP contribution is 2.18. The second-order valence-corrected chi connectivity index (χ2v) is 7.51. The van der Waals surface area contributed by atoms with Crippen LogP contribution in [0.3, 0.4) is 0 Å². The van der Waals surface area contributed by atoms with Gasteiger partial charge in [0.25, 0.3) is 0 Å². The fourth-order valence-electron chi connectivity index (χ4n) is 2.08. The van der Waals surface area contributed by atoms with Crippen LogP contribution in [0.5, 0.6) is 0 Å². The fourth-order valence-corrected chi connectivity index (χ4v) is 4.67. The average Bonchev–Trinajstić information content (AvgIpc) is 2.39. The van der Waals surface area contributed by atoms with Gasteiger partial charge in [0.1, 0.15) is 0 Å². The summed E-state index contributed by atoms with van der Waals surface area (Å²) in [6.45, 7) is 0. The molecule has 1 aromatic rings. The molecule has 4 nitrogen and oxygen atoms in total. The third kappa shape index (κ3) is 4.53. The van der Waals surface area contributed by atoms with Crippen LogP contribution in [0.15, 0.2) is 24.3 Å². The van der Waals surface area contributed by atoms with Crippen molar-refractivity contribution in [3.05, 3.63) is 35.4 Å². The zero-order chi connectivity index (χ0) is 13.7. The molecule has 1 atom stereocenters. The Labute approximate surface area is 118 Å². The Hall–Kier alpha value is -1.03. The summed E-state index contributed by atoms with van der Waals surface area (Å²) in [5, 5.41) is 8.80. The number of thioether (sulfide) groups is 1. The molecule has 1 saturated heterocycles. The summed E-state index contributed by atoms with van der Waals surface area (Å²) >= 11 is 1.79. The standard InChI is InChI=1S/C13H16N2O2S2/c14-8-11-3-1-4-12(7-11)10-19(16,17)15-13-5-2-6-18-9-13/h1,3-4,7,13,15H,2,5-6,9-10H2/t13-/m0/s1. The van der Waals surface area contributed by atoms with E-state index < -0.39 is 10.0 Å². The van der Waals surface area contributed by atoms with Crippen molar-refractivity contribution in [1.29, 1.82) is 5.26 Å². The first-order valence-corrected chi connectivity index (χ1v) is 8.96. The lowest BCUT2D eigenvalue weighted by molar-refractivity contribution is 0.542. The van der Waals surface area contributed by atoms with Crippen molar-refractivity contribution < 1.29 is 8.42 Å². The van der Waals surface area contributed by atoms with Crippen LogP contribution in [0.4, 0.5) is 0 Å². The number of nitriles is 1. The molecule has 19 heavy (non-hydrogen) atoms. The normalized spacial score (nSPS) is 19.8. The van der Waals surface area contributed by atoms with Crippen molar-refractivity contribution in [2.24, 2.45) is 0 Å². The van der Waals surface area contributed by atoms with Gasteiger partial charge in [-0.05, 0) is 36.3 Å². The van der Waals surface area contributed by atoms with E-state index in [9.17, 15) is 8.42 Å². The molecule has 6 heteroatoms. The lowest BCUT2D eigenvalue weighted by Gasteiger charge is -2.22. The Bertz CT molecular complexity index is 573. The predicted molar refractivity (Wildman–Crippen MR) is 77.3 cm³/mol. The van der Waals surface area contributed by atoms with Gasteiger partial charge in [0, 0.05) is 11.8 Å². The van der Waals surface area contributed by atoms with Gasteiger partial charge in [-0.15, -0.1) is 0 Å². The molecule has 1 N–H and O–H groups in total. The summed E-state index contributed by atoms with van der Waals surface area (Å²) in [5.41, 5.74) is 1.14. The fraction of sp³-hybridized carbons (Fsp3) is 0.462. The lowest BCUT2D eigenvalue weighted by atomic mass is 10.2. The van der Waals surface area contributed by atoms with Crippen LogP contribution in [0.1, 0.15) is 24.0 Å². The number of rotatable bonds is 4. The van der Waals surface area contributed by atoms with Crippen molar-refractivity contribution in [2.45, 2.75) is 24.6 Å². The highest BCUT2D eigenvalue weighted by Gasteiger charge is 2.20. The molecular formula is C13H16N2O2S2. The van der Waals surface area contributed by atoms with Crippen LogP contribution >= 0.6 is 11.8 Å². The zero-order valence-electron chi connectivity index (χ0n) is 10.5. The molecule has 0 unspecified atom stereocenters. The van der Waals surface area contributed by atoms with Crippen molar-refractivity contribution in [3.8, 4) is 6.07 Å². The molecule has 102 valence electrons. The SMILES string of the molecule is N#Cc1cccc(CS(=O)(=O)N[C@H]2CCCSC2)c1. The summed E-state index contributed by atoms with van der Waals surface area (Å²) in [6, 6.07) is 8.79. The first kappa shape index (κ1) is 14.4. The van der Waals surface area contributed by atoms with E-state index in [1.165, 1.54) is 0 Å². The summed E-state index contributed by atoms with van der Waals surface area (Å²) < 4.78 is 26.9. The average molecular weight is 296 g/mol. The van der Waals surface area contributed by atoms with Crippen LogP contribution < -0.4 is 4.72 Å². The Morgan fingerprint density at radius 2 is 2.32 bits per heavy atom. The van der Waals surface area contributed by atoms with E-state index in [2.05, 4.69) is 4.72 Å². The van der Waals surface area contributed by atoms with E-state index in [1.54, 1.807) is 36.0 Å². The smallest absolute Gasteiger partial charge is 0.212 e. The van der Waals surface area contributed by atoms with Gasteiger partial charge < -0.3 is 0 Å². The van der Waals surface area contributed by atoms with Crippen molar-refractivity contribution in [3.63, 3.8) is 0 Å². The molecule has 1 fully saturated rings. The minimum atomic E-state index is -3.33. The van der Waals surface area contributed by atoms with Crippen molar-refractivity contribution in [1.82, 2.24) is 4.72 Å². The molecule has 0 amide bonds. The second-order valence-electron chi connectivity index (χ2n) is 4.60. The van der Waals surface area contributed by atoms with Gasteiger partial charge in [-0.25, -0.2) is 13.1 Å². The highest BCUT2D eigenvalue weighted by atomic mass is 32.2. The molecule has 2 rings (SSSR count). The Kier molecular flexibility index (Phi) is 4.86. The molecule has 0 bridgehead atoms. The van der Waals surface area contributed by atoms with E-state index in [4.69, 9.17) is 5.26 Å². The van der Waals surface area contributed by atoms with Crippen LogP contribution in [0, 0.1) is 11.3 Å². The molecule has 1 aliphatic heterocycles. The second kappa shape index (κ2) is 6.42. The Morgan fingerprint density at radius 1 is 1.47 bits per heavy atom. The largest absolute Gasteiger partial charge is 0.216 e. The van der Waals surface area contributed by atoms with E-state index in [-0.39, 0.29) is 11.8 Å². The molecule has 0 aliphatic carbocycles. The number of hydrogen-bond acceptors (Lipinski definition) is 4. The maximum absolute atomic E-state index is 12.1. The third-order valence-electron chi connectivity index (χ3n) is 2.92. The molecule has 0 radical (unpaired) electrons. The number of sulfonamides is 1. The topological polar surface area (TPSA) is 70.0 Å². The van der Waals surface area contributed by atoms with Gasteiger partial charge in [0.05, 0.1) is 17.4 Å². The first-order valence-electron chi connectivity index (χ1n) is 6.16. The lowest BCUT2D eigenvalue weighted by Crippen LogP contribution is -2.38. The summed E-state index contributed by atoms with van der Waals surface area (Å²) in [4.78, 5) is 0. The molecule has 0 spiro atoms. The monoisotopic (exact) mass is 296 g/mol. The summed E-state index contributed by atoms with van der Waals surface area (Å²) in [5.74, 6) is 1.89. The summed E-state index contributed by atoms with van der Waals surface area (Å²) in [7, 11) is -3.33. The number of nitrogens with zero attached hydrogens (tertiary/aromatic N) is 1. The van der Waals surface area contributed by atoms with Crippen LogP contribution in [-0.2, 0) is 15.8 Å². The molecule has 0 aromatic heterocycles. The zero-order valence-corrected chi connectivity index (χ0v) is 12.1. The van der Waals surface area contributed by atoms with Crippen LogP contribution in [0.2, 0.25) is 0 Å². The van der Waals surface area contributed by atoms with Gasteiger partial charge >= 0.3 is 0 Å². The Balaban J connectivity index is 2.01. The third-order valence-corrected chi connectivity index (χ3v) is 5.54. The van der Waals surface area contributed by atoms with Crippen molar-refractivity contribution >= 4 is 21.8 Å². The Morgan fingerprint density at radius 3 is 3.00 bits per heavy atom. The molecule has 1 heterocycles. The molecule has 1 aliphatic rings. The minimum absolute atomic E-state index is 0.0444. The number of nitrogens with one attached hydrogen (secondary N) is 1.